The summed E-state index contributed by atoms with van der Waals surface area (Å²) in [5, 5.41) is 11.7. The Balaban J connectivity index is 1.21. The Bertz CT molecular complexity index is 1620. The molecule has 0 radical (unpaired) electrons. The average molecular weight is 603 g/mol. The molecule has 3 heterocycles. The SMILES string of the molecule is COc1c(OCCCN(C)C(=O)Oc2ccc(CC(=O)O)cc2)ccc2c1N=C(NC(=O)c1cnc(N)nc1)N1CCN=C21. The van der Waals surface area contributed by atoms with Crippen LogP contribution >= 0.6 is 0 Å². The lowest BCUT2D eigenvalue weighted by Gasteiger charge is -2.28. The van der Waals surface area contributed by atoms with Crippen molar-refractivity contribution < 1.29 is 33.7 Å². The number of guanidine groups is 1. The van der Waals surface area contributed by atoms with Crippen LogP contribution in [0.15, 0.2) is 58.8 Å². The van der Waals surface area contributed by atoms with Gasteiger partial charge in [0.15, 0.2) is 11.5 Å². The quantitative estimate of drug-likeness (QED) is 0.288. The lowest BCUT2D eigenvalue weighted by atomic mass is 10.1. The molecule has 44 heavy (non-hydrogen) atoms. The molecule has 0 aliphatic carbocycles. The summed E-state index contributed by atoms with van der Waals surface area (Å²) < 4.78 is 17.1. The van der Waals surface area contributed by atoms with E-state index < -0.39 is 18.0 Å². The second-order valence-corrected chi connectivity index (χ2v) is 9.78. The number of carbonyl (C=O) groups excluding carboxylic acids is 2. The van der Waals surface area contributed by atoms with Gasteiger partial charge in [-0.05, 0) is 36.2 Å². The summed E-state index contributed by atoms with van der Waals surface area (Å²) in [6, 6.07) is 9.92. The highest BCUT2D eigenvalue weighted by molar-refractivity contribution is 6.20. The first kappa shape index (κ1) is 29.8. The van der Waals surface area contributed by atoms with E-state index in [2.05, 4.69) is 20.3 Å². The van der Waals surface area contributed by atoms with Gasteiger partial charge in [0.25, 0.3) is 5.91 Å². The minimum absolute atomic E-state index is 0.0601. The van der Waals surface area contributed by atoms with Crippen LogP contribution in [0.2, 0.25) is 0 Å². The molecule has 3 aromatic rings. The molecule has 1 aromatic heterocycles. The summed E-state index contributed by atoms with van der Waals surface area (Å²) >= 11 is 0. The number of carboxylic acids is 1. The molecule has 15 heteroatoms. The van der Waals surface area contributed by atoms with E-state index in [9.17, 15) is 14.4 Å². The fourth-order valence-corrected chi connectivity index (χ4v) is 4.53. The fourth-order valence-electron chi connectivity index (χ4n) is 4.53. The molecule has 0 bridgehead atoms. The Morgan fingerprint density at radius 2 is 1.86 bits per heavy atom. The highest BCUT2D eigenvalue weighted by atomic mass is 16.6. The number of amides is 2. The van der Waals surface area contributed by atoms with E-state index in [1.807, 2.05) is 11.0 Å². The number of aliphatic carboxylic acids is 1. The summed E-state index contributed by atoms with van der Waals surface area (Å²) in [7, 11) is 3.11. The van der Waals surface area contributed by atoms with Gasteiger partial charge in [0.05, 0.1) is 32.2 Å². The molecule has 0 spiro atoms. The van der Waals surface area contributed by atoms with E-state index in [0.717, 1.165) is 5.56 Å². The Hall–Kier alpha value is -5.73. The van der Waals surface area contributed by atoms with Gasteiger partial charge in [-0.2, -0.15) is 0 Å². The molecule has 15 nitrogen and oxygen atoms in total. The predicted octanol–water partition coefficient (Wildman–Crippen LogP) is 2.09. The maximum Gasteiger partial charge on any atom is 0.414 e. The van der Waals surface area contributed by atoms with Crippen molar-refractivity contribution in [3.8, 4) is 17.2 Å². The predicted molar refractivity (Wildman–Crippen MR) is 159 cm³/mol. The zero-order valence-electron chi connectivity index (χ0n) is 24.0. The fraction of sp³-hybridized carbons (Fsp3) is 0.276. The van der Waals surface area contributed by atoms with Crippen LogP contribution in [-0.4, -0.2) is 95.0 Å². The molecule has 2 aliphatic heterocycles. The second kappa shape index (κ2) is 13.1. The van der Waals surface area contributed by atoms with Crippen molar-refractivity contribution in [2.75, 3.05) is 46.1 Å². The summed E-state index contributed by atoms with van der Waals surface area (Å²) in [6.45, 7) is 1.67. The highest BCUT2D eigenvalue weighted by Crippen LogP contribution is 2.43. The number of fused-ring (bicyclic) bond motifs is 3. The molecular formula is C29H30N8O7. The lowest BCUT2D eigenvalue weighted by Crippen LogP contribution is -2.47. The number of nitrogens with one attached hydrogen (secondary N) is 1. The number of hydrogen-bond donors (Lipinski definition) is 3. The van der Waals surface area contributed by atoms with E-state index in [1.165, 1.54) is 24.4 Å². The molecule has 4 N–H and O–H groups in total. The number of nitrogens with zero attached hydrogens (tertiary/aromatic N) is 6. The second-order valence-electron chi connectivity index (χ2n) is 9.78. The number of nitrogens with two attached hydrogens (primary N) is 1. The van der Waals surface area contributed by atoms with E-state index in [0.29, 0.717) is 60.4 Å². The van der Waals surface area contributed by atoms with Crippen LogP contribution in [0.1, 0.15) is 27.9 Å². The third-order valence-electron chi connectivity index (χ3n) is 6.70. The number of hydrogen-bond acceptors (Lipinski definition) is 12. The first-order valence-electron chi connectivity index (χ1n) is 13.6. The van der Waals surface area contributed by atoms with Gasteiger partial charge >= 0.3 is 12.1 Å². The Kier molecular flexibility index (Phi) is 8.83. The molecule has 0 saturated carbocycles. The summed E-state index contributed by atoms with van der Waals surface area (Å²) in [5.74, 6) is 0.724. The lowest BCUT2D eigenvalue weighted by molar-refractivity contribution is -0.136. The van der Waals surface area contributed by atoms with Gasteiger partial charge in [-0.3, -0.25) is 24.8 Å². The molecule has 0 saturated heterocycles. The first-order valence-corrected chi connectivity index (χ1v) is 13.6. The van der Waals surface area contributed by atoms with Crippen LogP contribution in [0.5, 0.6) is 17.2 Å². The van der Waals surface area contributed by atoms with Crippen LogP contribution in [0.25, 0.3) is 0 Å². The Labute approximate surface area is 252 Å². The zero-order valence-corrected chi connectivity index (χ0v) is 24.0. The van der Waals surface area contributed by atoms with Crippen LogP contribution in [0.3, 0.4) is 0 Å². The van der Waals surface area contributed by atoms with E-state index in [4.69, 9.17) is 30.0 Å². The molecule has 0 atom stereocenters. The molecule has 2 amide bonds. The smallest absolute Gasteiger partial charge is 0.414 e. The number of carbonyl (C=O) groups is 3. The van der Waals surface area contributed by atoms with Gasteiger partial charge in [0.1, 0.15) is 17.3 Å². The number of methoxy groups -OCH3 is 1. The number of anilines is 1. The Morgan fingerprint density at radius 1 is 1.11 bits per heavy atom. The standard InChI is InChI=1S/C29H30N8O7/c1-36(29(41)44-19-6-4-17(5-7-19)14-22(38)39)11-3-13-43-21-9-8-20-23(24(21)42-2)34-28(37-12-10-31-25(20)37)35-26(40)18-15-32-27(30)33-16-18/h4-9,15-16H,3,10-14H2,1-2H3,(H,38,39)(H2,30,32,33)(H,34,35,40). The topological polar surface area (TPSA) is 194 Å². The van der Waals surface area contributed by atoms with Crippen molar-refractivity contribution in [3.63, 3.8) is 0 Å². The van der Waals surface area contributed by atoms with Gasteiger partial charge in [-0.1, -0.05) is 12.1 Å². The number of rotatable bonds is 10. The van der Waals surface area contributed by atoms with Gasteiger partial charge in [-0.25, -0.2) is 19.8 Å². The number of nitrogen functional groups attached to an aromatic ring is 1. The van der Waals surface area contributed by atoms with Crippen molar-refractivity contribution in [2.45, 2.75) is 12.8 Å². The van der Waals surface area contributed by atoms with Crippen LogP contribution in [0, 0.1) is 0 Å². The summed E-state index contributed by atoms with van der Waals surface area (Å²) in [6.07, 6.45) is 2.48. The molecule has 0 unspecified atom stereocenters. The van der Waals surface area contributed by atoms with E-state index >= 15 is 0 Å². The maximum atomic E-state index is 12.9. The first-order chi connectivity index (χ1) is 21.2. The van der Waals surface area contributed by atoms with Crippen molar-refractivity contribution in [2.24, 2.45) is 9.98 Å². The van der Waals surface area contributed by atoms with Gasteiger partial charge < -0.3 is 30.0 Å². The minimum Gasteiger partial charge on any atom is -0.491 e. The van der Waals surface area contributed by atoms with Crippen molar-refractivity contribution in [1.29, 1.82) is 0 Å². The monoisotopic (exact) mass is 602 g/mol. The third kappa shape index (κ3) is 6.67. The van der Waals surface area contributed by atoms with E-state index in [1.54, 1.807) is 37.4 Å². The molecule has 228 valence electrons. The number of aliphatic imine (C=N–C) groups is 2. The molecule has 2 aromatic carbocycles. The number of aromatic nitrogens is 2. The van der Waals surface area contributed by atoms with Crippen molar-refractivity contribution >= 4 is 41.4 Å². The highest BCUT2D eigenvalue weighted by Gasteiger charge is 2.33. The molecule has 0 fully saturated rings. The van der Waals surface area contributed by atoms with Crippen molar-refractivity contribution in [1.82, 2.24) is 25.1 Å². The normalized spacial score (nSPS) is 13.2. The average Bonchev–Trinajstić information content (AvgIpc) is 3.51. The van der Waals surface area contributed by atoms with Crippen LogP contribution < -0.4 is 25.3 Å². The van der Waals surface area contributed by atoms with E-state index in [-0.39, 0.29) is 30.5 Å². The summed E-state index contributed by atoms with van der Waals surface area (Å²) in [5.41, 5.74) is 7.55. The van der Waals surface area contributed by atoms with Gasteiger partial charge in [0.2, 0.25) is 11.9 Å². The van der Waals surface area contributed by atoms with Crippen LogP contribution in [-0.2, 0) is 11.2 Å². The number of benzene rings is 2. The minimum atomic E-state index is -0.938. The molecule has 5 rings (SSSR count). The Morgan fingerprint density at radius 3 is 2.57 bits per heavy atom. The summed E-state index contributed by atoms with van der Waals surface area (Å²) in [4.78, 5) is 56.5. The number of ether oxygens (including phenoxy) is 3. The van der Waals surface area contributed by atoms with Gasteiger partial charge in [-0.15, -0.1) is 0 Å². The van der Waals surface area contributed by atoms with Crippen molar-refractivity contribution in [3.05, 3.63) is 65.5 Å². The number of amidine groups is 1. The van der Waals surface area contributed by atoms with Gasteiger partial charge in [0, 0.05) is 38.1 Å². The maximum absolute atomic E-state index is 12.9. The number of carboxylic acid groups (broad SMARTS) is 1. The molecular weight excluding hydrogens is 572 g/mol. The van der Waals surface area contributed by atoms with Crippen LogP contribution in [0.4, 0.5) is 16.4 Å². The largest absolute Gasteiger partial charge is 0.491 e. The zero-order chi connectivity index (χ0) is 31.2. The third-order valence-corrected chi connectivity index (χ3v) is 6.70. The molecule has 2 aliphatic rings.